The van der Waals surface area contributed by atoms with E-state index >= 15 is 0 Å². The van der Waals surface area contributed by atoms with Crippen LogP contribution >= 0.6 is 0 Å². The summed E-state index contributed by atoms with van der Waals surface area (Å²) in [6.45, 7) is 4.70. The lowest BCUT2D eigenvalue weighted by Gasteiger charge is -2.21. The summed E-state index contributed by atoms with van der Waals surface area (Å²) in [5, 5.41) is 12.5. The van der Waals surface area contributed by atoms with Crippen LogP contribution in [0.3, 0.4) is 0 Å². The third kappa shape index (κ3) is 3.24. The van der Waals surface area contributed by atoms with Crippen LogP contribution in [-0.4, -0.2) is 24.4 Å². The fourth-order valence-electron chi connectivity index (χ4n) is 3.01. The molecule has 4 rings (SSSR count). The Morgan fingerprint density at radius 2 is 1.88 bits per heavy atom. The largest absolute Gasteiger partial charge is 0.361 e. The van der Waals surface area contributed by atoms with Crippen molar-refractivity contribution in [2.75, 3.05) is 5.32 Å². The molecule has 6 heteroatoms. The average molecular weight is 332 g/mol. The van der Waals surface area contributed by atoms with Crippen molar-refractivity contribution in [2.45, 2.75) is 26.4 Å². The lowest BCUT2D eigenvalue weighted by atomic mass is 10.1. The molecule has 1 atom stereocenters. The predicted octanol–water partition coefficient (Wildman–Crippen LogP) is 3.40. The van der Waals surface area contributed by atoms with Gasteiger partial charge in [-0.05, 0) is 25.5 Å². The molecule has 0 aliphatic rings. The third-order valence-corrected chi connectivity index (χ3v) is 4.13. The van der Waals surface area contributed by atoms with Crippen molar-refractivity contribution in [3.05, 3.63) is 77.9 Å². The highest BCUT2D eigenvalue weighted by atomic mass is 15.3. The summed E-state index contributed by atoms with van der Waals surface area (Å²) in [5.74, 6) is 0.927. The van der Waals surface area contributed by atoms with Gasteiger partial charge in [-0.1, -0.05) is 30.3 Å². The van der Waals surface area contributed by atoms with Crippen LogP contribution in [0.1, 0.15) is 23.0 Å². The first kappa shape index (κ1) is 15.4. The van der Waals surface area contributed by atoms with Crippen molar-refractivity contribution in [1.82, 2.24) is 24.4 Å². The van der Waals surface area contributed by atoms with Crippen LogP contribution < -0.4 is 5.32 Å². The van der Waals surface area contributed by atoms with Gasteiger partial charge >= 0.3 is 0 Å². The SMILES string of the molecule is Cc1cc(NC(Cn2cccn2)c2ccccc2)n2nc(C)cc2n1. The minimum Gasteiger partial charge on any atom is -0.361 e. The zero-order valence-electron chi connectivity index (χ0n) is 14.3. The van der Waals surface area contributed by atoms with Crippen LogP contribution in [0.5, 0.6) is 0 Å². The van der Waals surface area contributed by atoms with Crippen molar-refractivity contribution in [2.24, 2.45) is 0 Å². The number of nitrogens with one attached hydrogen (secondary N) is 1. The molecule has 0 radical (unpaired) electrons. The average Bonchev–Trinajstić information content (AvgIpc) is 3.24. The van der Waals surface area contributed by atoms with E-state index in [0.717, 1.165) is 29.4 Å². The summed E-state index contributed by atoms with van der Waals surface area (Å²) < 4.78 is 3.80. The maximum Gasteiger partial charge on any atom is 0.157 e. The van der Waals surface area contributed by atoms with Gasteiger partial charge in [-0.15, -0.1) is 0 Å². The quantitative estimate of drug-likeness (QED) is 0.608. The highest BCUT2D eigenvalue weighted by Gasteiger charge is 2.15. The Hall–Kier alpha value is -3.15. The number of rotatable bonds is 5. The number of aromatic nitrogens is 5. The number of anilines is 1. The molecule has 1 aromatic carbocycles. The van der Waals surface area contributed by atoms with Crippen molar-refractivity contribution in [1.29, 1.82) is 0 Å². The maximum absolute atomic E-state index is 4.57. The molecule has 25 heavy (non-hydrogen) atoms. The molecule has 0 amide bonds. The molecule has 0 spiro atoms. The molecule has 126 valence electrons. The molecular formula is C19H20N6. The fourth-order valence-corrected chi connectivity index (χ4v) is 3.01. The first-order valence-electron chi connectivity index (χ1n) is 8.32. The van der Waals surface area contributed by atoms with Gasteiger partial charge in [0.1, 0.15) is 5.82 Å². The molecule has 1 unspecified atom stereocenters. The van der Waals surface area contributed by atoms with Gasteiger partial charge in [-0.25, -0.2) is 4.98 Å². The molecule has 3 heterocycles. The Morgan fingerprint density at radius 1 is 1.04 bits per heavy atom. The molecule has 0 aliphatic carbocycles. The molecule has 1 N–H and O–H groups in total. The van der Waals surface area contributed by atoms with Gasteiger partial charge < -0.3 is 5.32 Å². The van der Waals surface area contributed by atoms with Crippen LogP contribution in [0.15, 0.2) is 60.9 Å². The lowest BCUT2D eigenvalue weighted by Crippen LogP contribution is -2.20. The minimum absolute atomic E-state index is 0.0654. The van der Waals surface area contributed by atoms with E-state index in [1.54, 1.807) is 6.20 Å². The highest BCUT2D eigenvalue weighted by molar-refractivity contribution is 5.51. The van der Waals surface area contributed by atoms with E-state index in [1.165, 1.54) is 5.56 Å². The Labute approximate surface area is 146 Å². The maximum atomic E-state index is 4.57. The molecular weight excluding hydrogens is 312 g/mol. The first-order chi connectivity index (χ1) is 12.2. The normalized spacial score (nSPS) is 12.4. The standard InChI is InChI=1S/C19H20N6/c1-14-11-19(25-18(21-14)12-15(2)23-25)22-17(13-24-10-6-9-20-24)16-7-4-3-5-8-16/h3-12,17,22H,13H2,1-2H3. The Morgan fingerprint density at radius 3 is 2.64 bits per heavy atom. The van der Waals surface area contributed by atoms with Crippen LogP contribution in [0.2, 0.25) is 0 Å². The lowest BCUT2D eigenvalue weighted by molar-refractivity contribution is 0.548. The minimum atomic E-state index is 0.0654. The van der Waals surface area contributed by atoms with E-state index < -0.39 is 0 Å². The van der Waals surface area contributed by atoms with Crippen LogP contribution in [-0.2, 0) is 6.54 Å². The third-order valence-electron chi connectivity index (χ3n) is 4.13. The zero-order chi connectivity index (χ0) is 17.2. The smallest absolute Gasteiger partial charge is 0.157 e. The molecule has 6 nitrogen and oxygen atoms in total. The van der Waals surface area contributed by atoms with E-state index in [4.69, 9.17) is 0 Å². The molecule has 0 saturated carbocycles. The van der Waals surface area contributed by atoms with Crippen molar-refractivity contribution < 1.29 is 0 Å². The first-order valence-corrected chi connectivity index (χ1v) is 8.32. The Kier molecular flexibility index (Phi) is 3.93. The van der Waals surface area contributed by atoms with Gasteiger partial charge in [0.25, 0.3) is 0 Å². The summed E-state index contributed by atoms with van der Waals surface area (Å²) in [5.41, 5.74) is 3.96. The van der Waals surface area contributed by atoms with E-state index in [9.17, 15) is 0 Å². The van der Waals surface area contributed by atoms with Gasteiger partial charge in [0, 0.05) is 30.2 Å². The van der Waals surface area contributed by atoms with Crippen molar-refractivity contribution in [3.8, 4) is 0 Å². The monoisotopic (exact) mass is 332 g/mol. The summed E-state index contributed by atoms with van der Waals surface area (Å²) in [7, 11) is 0. The summed E-state index contributed by atoms with van der Waals surface area (Å²) in [6, 6.07) is 16.4. The summed E-state index contributed by atoms with van der Waals surface area (Å²) in [6.07, 6.45) is 3.77. The number of hydrogen-bond donors (Lipinski definition) is 1. The molecule has 0 aliphatic heterocycles. The van der Waals surface area contributed by atoms with Gasteiger partial charge in [0.2, 0.25) is 0 Å². The fraction of sp³-hybridized carbons (Fsp3) is 0.211. The zero-order valence-corrected chi connectivity index (χ0v) is 14.3. The topological polar surface area (TPSA) is 60.0 Å². The highest BCUT2D eigenvalue weighted by Crippen LogP contribution is 2.22. The number of fused-ring (bicyclic) bond motifs is 1. The molecule has 4 aromatic rings. The van der Waals surface area contributed by atoms with Crippen molar-refractivity contribution >= 4 is 11.5 Å². The predicted molar refractivity (Wildman–Crippen MR) is 97.5 cm³/mol. The summed E-state index contributed by atoms with van der Waals surface area (Å²) in [4.78, 5) is 4.56. The summed E-state index contributed by atoms with van der Waals surface area (Å²) >= 11 is 0. The second-order valence-electron chi connectivity index (χ2n) is 6.17. The number of hydrogen-bond acceptors (Lipinski definition) is 4. The van der Waals surface area contributed by atoms with E-state index in [0.29, 0.717) is 0 Å². The second kappa shape index (κ2) is 6.39. The Bertz CT molecular complexity index is 972. The van der Waals surface area contributed by atoms with Gasteiger partial charge in [0.05, 0.1) is 18.3 Å². The Balaban J connectivity index is 1.73. The van der Waals surface area contributed by atoms with Gasteiger partial charge in [-0.2, -0.15) is 14.7 Å². The van der Waals surface area contributed by atoms with E-state index in [-0.39, 0.29) is 6.04 Å². The molecule has 0 saturated heterocycles. The van der Waals surface area contributed by atoms with Crippen molar-refractivity contribution in [3.63, 3.8) is 0 Å². The number of aryl methyl sites for hydroxylation is 2. The number of benzene rings is 1. The van der Waals surface area contributed by atoms with Gasteiger partial charge in [0.15, 0.2) is 5.65 Å². The van der Waals surface area contributed by atoms with Crippen LogP contribution in [0.4, 0.5) is 5.82 Å². The van der Waals surface area contributed by atoms with E-state index in [1.807, 2.05) is 53.5 Å². The van der Waals surface area contributed by atoms with E-state index in [2.05, 4.69) is 44.8 Å². The molecule has 0 fully saturated rings. The second-order valence-corrected chi connectivity index (χ2v) is 6.17. The molecule has 0 bridgehead atoms. The van der Waals surface area contributed by atoms with Crippen LogP contribution in [0, 0.1) is 13.8 Å². The number of nitrogens with zero attached hydrogens (tertiary/aromatic N) is 5. The van der Waals surface area contributed by atoms with Gasteiger partial charge in [-0.3, -0.25) is 4.68 Å². The molecule has 3 aromatic heterocycles. The van der Waals surface area contributed by atoms with Crippen LogP contribution in [0.25, 0.3) is 5.65 Å².